The lowest BCUT2D eigenvalue weighted by molar-refractivity contribution is -0.145. The number of ether oxygens (including phenoxy) is 1. The summed E-state index contributed by atoms with van der Waals surface area (Å²) in [4.78, 5) is 19.3. The zero-order valence-electron chi connectivity index (χ0n) is 14.6. The number of allylic oxidation sites excluding steroid dienone is 2. The lowest BCUT2D eigenvalue weighted by Crippen LogP contribution is -2.33. The number of aliphatic imine (C=N–C) groups is 1. The standard InChI is InChI=1S/C22H20N2O2/c1-2-26-22(25)20-21(17-11-7-4-8-12-17)24-14-13-18(15-19(24)23-20)16-9-5-3-6-10-16/h3-15,20-21H,2H2,1H3/t20-,21+/m1/s1. The molecule has 0 radical (unpaired) electrons. The first-order valence-electron chi connectivity index (χ1n) is 8.81. The first-order chi connectivity index (χ1) is 12.8. The molecule has 0 saturated carbocycles. The molecule has 2 atom stereocenters. The second-order valence-electron chi connectivity index (χ2n) is 6.23. The lowest BCUT2D eigenvalue weighted by atomic mass is 9.98. The highest BCUT2D eigenvalue weighted by atomic mass is 16.5. The largest absolute Gasteiger partial charge is 0.464 e. The Bertz CT molecular complexity index is 885. The second kappa shape index (κ2) is 7.00. The fraction of sp³-hybridized carbons (Fsp3) is 0.182. The second-order valence-corrected chi connectivity index (χ2v) is 6.23. The number of benzene rings is 2. The zero-order chi connectivity index (χ0) is 17.9. The number of hydrogen-bond acceptors (Lipinski definition) is 4. The molecular weight excluding hydrogens is 324 g/mol. The summed E-state index contributed by atoms with van der Waals surface area (Å²) < 4.78 is 5.28. The normalized spacial score (nSPS) is 21.0. The van der Waals surface area contributed by atoms with Gasteiger partial charge in [-0.05, 0) is 35.8 Å². The Morgan fingerprint density at radius 3 is 2.46 bits per heavy atom. The maximum absolute atomic E-state index is 12.5. The van der Waals surface area contributed by atoms with Crippen LogP contribution < -0.4 is 0 Å². The van der Waals surface area contributed by atoms with Crippen LogP contribution in [0, 0.1) is 0 Å². The molecule has 0 unspecified atom stereocenters. The van der Waals surface area contributed by atoms with E-state index in [9.17, 15) is 4.79 Å². The topological polar surface area (TPSA) is 41.9 Å². The Morgan fingerprint density at radius 2 is 1.77 bits per heavy atom. The van der Waals surface area contributed by atoms with Crippen molar-refractivity contribution in [3.05, 3.63) is 90.1 Å². The van der Waals surface area contributed by atoms with Crippen LogP contribution in [-0.4, -0.2) is 29.4 Å². The lowest BCUT2D eigenvalue weighted by Gasteiger charge is -2.28. The van der Waals surface area contributed by atoms with Crippen LogP contribution in [0.3, 0.4) is 0 Å². The van der Waals surface area contributed by atoms with Crippen LogP contribution in [-0.2, 0) is 9.53 Å². The van der Waals surface area contributed by atoms with E-state index in [1.165, 1.54) is 0 Å². The molecule has 4 heteroatoms. The summed E-state index contributed by atoms with van der Waals surface area (Å²) in [6, 6.07) is 19.4. The van der Waals surface area contributed by atoms with Crippen molar-refractivity contribution >= 4 is 17.4 Å². The minimum Gasteiger partial charge on any atom is -0.464 e. The number of carbonyl (C=O) groups is 1. The highest BCUT2D eigenvalue weighted by Gasteiger charge is 2.41. The van der Waals surface area contributed by atoms with Gasteiger partial charge in [-0.2, -0.15) is 0 Å². The van der Waals surface area contributed by atoms with Gasteiger partial charge in [0.2, 0.25) is 0 Å². The van der Waals surface area contributed by atoms with Gasteiger partial charge in [0.15, 0.2) is 6.04 Å². The summed E-state index contributed by atoms with van der Waals surface area (Å²) in [6.07, 6.45) is 6.11. The molecule has 0 aromatic heterocycles. The molecule has 0 amide bonds. The molecular formula is C22H20N2O2. The van der Waals surface area contributed by atoms with Gasteiger partial charge in [-0.1, -0.05) is 60.7 Å². The van der Waals surface area contributed by atoms with Gasteiger partial charge in [0.05, 0.1) is 12.6 Å². The van der Waals surface area contributed by atoms with E-state index in [0.29, 0.717) is 6.61 Å². The maximum Gasteiger partial charge on any atom is 0.333 e. The third kappa shape index (κ3) is 2.94. The summed E-state index contributed by atoms with van der Waals surface area (Å²) in [5.74, 6) is 0.504. The molecule has 2 aromatic carbocycles. The van der Waals surface area contributed by atoms with Crippen LogP contribution in [0.2, 0.25) is 0 Å². The summed E-state index contributed by atoms with van der Waals surface area (Å²) in [5.41, 5.74) is 3.25. The van der Waals surface area contributed by atoms with Crippen LogP contribution in [0.5, 0.6) is 0 Å². The van der Waals surface area contributed by atoms with Crippen molar-refractivity contribution in [1.82, 2.24) is 4.90 Å². The Kier molecular flexibility index (Phi) is 4.40. The van der Waals surface area contributed by atoms with Crippen LogP contribution in [0.1, 0.15) is 24.1 Å². The van der Waals surface area contributed by atoms with Crippen LogP contribution in [0.15, 0.2) is 84.0 Å². The van der Waals surface area contributed by atoms with Gasteiger partial charge in [0.1, 0.15) is 5.84 Å². The van der Waals surface area contributed by atoms with E-state index in [1.54, 1.807) is 0 Å². The molecule has 4 rings (SSSR count). The Balaban J connectivity index is 1.72. The number of hydrogen-bond donors (Lipinski definition) is 0. The third-order valence-corrected chi connectivity index (χ3v) is 4.61. The van der Waals surface area contributed by atoms with Crippen molar-refractivity contribution in [3.8, 4) is 0 Å². The summed E-state index contributed by atoms with van der Waals surface area (Å²) >= 11 is 0. The predicted octanol–water partition coefficient (Wildman–Crippen LogP) is 3.98. The van der Waals surface area contributed by atoms with Gasteiger partial charge in [0, 0.05) is 6.20 Å². The smallest absolute Gasteiger partial charge is 0.333 e. The summed E-state index contributed by atoms with van der Waals surface area (Å²) in [7, 11) is 0. The number of esters is 1. The molecule has 0 spiro atoms. The minimum atomic E-state index is -0.566. The molecule has 0 bridgehead atoms. The average molecular weight is 344 g/mol. The Morgan fingerprint density at radius 1 is 1.08 bits per heavy atom. The van der Waals surface area contributed by atoms with E-state index in [2.05, 4.69) is 23.1 Å². The number of amidine groups is 1. The van der Waals surface area contributed by atoms with Gasteiger partial charge < -0.3 is 9.64 Å². The van der Waals surface area contributed by atoms with Gasteiger partial charge in [-0.15, -0.1) is 0 Å². The van der Waals surface area contributed by atoms with Crippen LogP contribution in [0.25, 0.3) is 5.57 Å². The first kappa shape index (κ1) is 16.3. The van der Waals surface area contributed by atoms with Gasteiger partial charge >= 0.3 is 5.97 Å². The van der Waals surface area contributed by atoms with E-state index in [1.807, 2.05) is 67.7 Å². The molecule has 2 aliphatic heterocycles. The molecule has 130 valence electrons. The molecule has 4 nitrogen and oxygen atoms in total. The van der Waals surface area contributed by atoms with Gasteiger partial charge in [0.25, 0.3) is 0 Å². The molecule has 0 fully saturated rings. The molecule has 0 aliphatic carbocycles. The average Bonchev–Trinajstić information content (AvgIpc) is 3.08. The van der Waals surface area contributed by atoms with E-state index in [0.717, 1.165) is 22.5 Å². The highest BCUT2D eigenvalue weighted by molar-refractivity contribution is 6.06. The van der Waals surface area contributed by atoms with Crippen molar-refractivity contribution in [2.24, 2.45) is 4.99 Å². The molecule has 2 aromatic rings. The van der Waals surface area contributed by atoms with E-state index >= 15 is 0 Å². The maximum atomic E-state index is 12.5. The fourth-order valence-corrected chi connectivity index (χ4v) is 3.42. The molecule has 0 N–H and O–H groups in total. The van der Waals surface area contributed by atoms with Crippen molar-refractivity contribution < 1.29 is 9.53 Å². The molecule has 2 aliphatic rings. The first-order valence-corrected chi connectivity index (χ1v) is 8.81. The Labute approximate surface area is 153 Å². The Hall–Kier alpha value is -3.14. The van der Waals surface area contributed by atoms with Crippen LogP contribution in [0.4, 0.5) is 0 Å². The zero-order valence-corrected chi connectivity index (χ0v) is 14.6. The van der Waals surface area contributed by atoms with Gasteiger partial charge in [-0.25, -0.2) is 4.79 Å². The number of fused-ring (bicyclic) bond motifs is 1. The van der Waals surface area contributed by atoms with Crippen LogP contribution >= 0.6 is 0 Å². The van der Waals surface area contributed by atoms with E-state index in [-0.39, 0.29) is 12.0 Å². The number of rotatable bonds is 4. The van der Waals surface area contributed by atoms with E-state index < -0.39 is 6.04 Å². The fourth-order valence-electron chi connectivity index (χ4n) is 3.42. The molecule has 2 heterocycles. The summed E-state index contributed by atoms with van der Waals surface area (Å²) in [5, 5.41) is 0. The van der Waals surface area contributed by atoms with Gasteiger partial charge in [-0.3, -0.25) is 4.99 Å². The van der Waals surface area contributed by atoms with E-state index in [4.69, 9.17) is 9.73 Å². The SMILES string of the molecule is CCOC(=O)[C@@H]1N=C2C=C(c3ccccc3)C=CN2[C@H]1c1ccccc1. The van der Waals surface area contributed by atoms with Crippen molar-refractivity contribution in [2.45, 2.75) is 19.0 Å². The number of nitrogens with zero attached hydrogens (tertiary/aromatic N) is 2. The summed E-state index contributed by atoms with van der Waals surface area (Å²) in [6.45, 7) is 2.17. The quantitative estimate of drug-likeness (QED) is 0.788. The van der Waals surface area contributed by atoms with Crippen molar-refractivity contribution in [3.63, 3.8) is 0 Å². The monoisotopic (exact) mass is 344 g/mol. The highest BCUT2D eigenvalue weighted by Crippen LogP contribution is 2.36. The minimum absolute atomic E-state index is 0.185. The molecule has 26 heavy (non-hydrogen) atoms. The third-order valence-electron chi connectivity index (χ3n) is 4.61. The molecule has 0 saturated heterocycles. The van der Waals surface area contributed by atoms with Crippen molar-refractivity contribution in [2.75, 3.05) is 6.61 Å². The number of carbonyl (C=O) groups excluding carboxylic acids is 1. The van der Waals surface area contributed by atoms with Crippen molar-refractivity contribution in [1.29, 1.82) is 0 Å². The predicted molar refractivity (Wildman–Crippen MR) is 102 cm³/mol.